The third kappa shape index (κ3) is 3.58. The predicted molar refractivity (Wildman–Crippen MR) is 79.5 cm³/mol. The Hall–Kier alpha value is -1.32. The van der Waals surface area contributed by atoms with Crippen LogP contribution in [0.4, 0.5) is 0 Å². The molecule has 1 aromatic carbocycles. The monoisotopic (exact) mass is 294 g/mol. The van der Waals surface area contributed by atoms with Crippen molar-refractivity contribution in [3.63, 3.8) is 0 Å². The Morgan fingerprint density at radius 2 is 2.00 bits per heavy atom. The Labute approximate surface area is 122 Å². The maximum atomic E-state index is 11.5. The molecule has 2 aromatic rings. The van der Waals surface area contributed by atoms with Gasteiger partial charge < -0.3 is 4.74 Å². The van der Waals surface area contributed by atoms with Gasteiger partial charge in [0.15, 0.2) is 5.78 Å². The first-order valence-electron chi connectivity index (χ1n) is 6.11. The number of hydrogen-bond donors (Lipinski definition) is 0. The molecule has 0 aliphatic rings. The lowest BCUT2D eigenvalue weighted by Gasteiger charge is -2.09. The van der Waals surface area contributed by atoms with Crippen molar-refractivity contribution in [2.24, 2.45) is 0 Å². The summed E-state index contributed by atoms with van der Waals surface area (Å²) in [5.74, 6) is 0.543. The van der Waals surface area contributed by atoms with Crippen LogP contribution >= 0.6 is 22.9 Å². The number of halogens is 1. The van der Waals surface area contributed by atoms with Gasteiger partial charge in [0.1, 0.15) is 12.4 Å². The van der Waals surface area contributed by atoms with Crippen LogP contribution in [0.15, 0.2) is 30.3 Å². The zero-order valence-corrected chi connectivity index (χ0v) is 12.5. The zero-order valence-electron chi connectivity index (χ0n) is 10.9. The Bertz CT molecular complexity index is 590. The van der Waals surface area contributed by atoms with Gasteiger partial charge in [-0.1, -0.05) is 18.5 Å². The molecule has 0 saturated carbocycles. The van der Waals surface area contributed by atoms with Gasteiger partial charge in [0.25, 0.3) is 0 Å². The first-order chi connectivity index (χ1) is 9.10. The van der Waals surface area contributed by atoms with Crippen molar-refractivity contribution in [2.75, 3.05) is 0 Å². The van der Waals surface area contributed by atoms with Crippen LogP contribution in [-0.2, 0) is 13.0 Å². The fourth-order valence-corrected chi connectivity index (χ4v) is 2.79. The quantitative estimate of drug-likeness (QED) is 0.744. The fourth-order valence-electron chi connectivity index (χ4n) is 1.74. The lowest BCUT2D eigenvalue weighted by molar-refractivity contribution is 0.101. The van der Waals surface area contributed by atoms with Crippen molar-refractivity contribution in [1.82, 2.24) is 0 Å². The van der Waals surface area contributed by atoms with Gasteiger partial charge in [-0.3, -0.25) is 4.79 Å². The third-order valence-electron chi connectivity index (χ3n) is 2.76. The van der Waals surface area contributed by atoms with Crippen LogP contribution in [0.3, 0.4) is 0 Å². The molecule has 1 aromatic heterocycles. The van der Waals surface area contributed by atoms with Gasteiger partial charge >= 0.3 is 0 Å². The molecular formula is C15H15ClO2S. The molecule has 0 spiro atoms. The molecule has 0 aliphatic heterocycles. The summed E-state index contributed by atoms with van der Waals surface area (Å²) in [7, 11) is 0. The van der Waals surface area contributed by atoms with E-state index in [-0.39, 0.29) is 5.78 Å². The molecule has 100 valence electrons. The lowest BCUT2D eigenvalue weighted by atomic mass is 10.1. The van der Waals surface area contributed by atoms with Crippen molar-refractivity contribution in [1.29, 1.82) is 0 Å². The topological polar surface area (TPSA) is 26.3 Å². The summed E-state index contributed by atoms with van der Waals surface area (Å²) in [6, 6.07) is 9.29. The van der Waals surface area contributed by atoms with E-state index >= 15 is 0 Å². The summed E-state index contributed by atoms with van der Waals surface area (Å²) >= 11 is 7.63. The second-order valence-electron chi connectivity index (χ2n) is 4.21. The SMILES string of the molecule is CCc1ccc(COc2ccc(Cl)cc2C(C)=O)s1. The van der Waals surface area contributed by atoms with Crippen LogP contribution in [0.5, 0.6) is 5.75 Å². The Balaban J connectivity index is 2.12. The largest absolute Gasteiger partial charge is 0.487 e. The van der Waals surface area contributed by atoms with Gasteiger partial charge in [0.2, 0.25) is 0 Å². The highest BCUT2D eigenvalue weighted by molar-refractivity contribution is 7.11. The highest BCUT2D eigenvalue weighted by atomic mass is 35.5. The molecule has 0 amide bonds. The summed E-state index contributed by atoms with van der Waals surface area (Å²) in [4.78, 5) is 14.0. The van der Waals surface area contributed by atoms with E-state index < -0.39 is 0 Å². The summed E-state index contributed by atoms with van der Waals surface area (Å²) in [5.41, 5.74) is 0.528. The van der Waals surface area contributed by atoms with Gasteiger partial charge in [0, 0.05) is 14.8 Å². The van der Waals surface area contributed by atoms with E-state index in [1.807, 2.05) is 0 Å². The number of benzene rings is 1. The number of hydrogen-bond acceptors (Lipinski definition) is 3. The molecule has 0 aliphatic carbocycles. The van der Waals surface area contributed by atoms with Crippen LogP contribution in [-0.4, -0.2) is 5.78 Å². The lowest BCUT2D eigenvalue weighted by Crippen LogP contribution is -2.00. The summed E-state index contributed by atoms with van der Waals surface area (Å²) < 4.78 is 5.73. The van der Waals surface area contributed by atoms with Crippen LogP contribution in [0.2, 0.25) is 5.02 Å². The van der Waals surface area contributed by atoms with Gasteiger partial charge in [-0.15, -0.1) is 11.3 Å². The van der Waals surface area contributed by atoms with Gasteiger partial charge in [-0.2, -0.15) is 0 Å². The van der Waals surface area contributed by atoms with E-state index in [2.05, 4.69) is 19.1 Å². The van der Waals surface area contributed by atoms with Crippen molar-refractivity contribution in [3.8, 4) is 5.75 Å². The normalized spacial score (nSPS) is 10.5. The van der Waals surface area contributed by atoms with Gasteiger partial charge in [-0.25, -0.2) is 0 Å². The van der Waals surface area contributed by atoms with E-state index in [9.17, 15) is 4.79 Å². The Kier molecular flexibility index (Phi) is 4.61. The van der Waals surface area contributed by atoms with Crippen molar-refractivity contribution >= 4 is 28.7 Å². The smallest absolute Gasteiger partial charge is 0.163 e. The number of aryl methyl sites for hydroxylation is 1. The molecule has 0 fully saturated rings. The molecule has 0 atom stereocenters. The molecule has 0 saturated heterocycles. The first-order valence-corrected chi connectivity index (χ1v) is 7.30. The predicted octanol–water partition coefficient (Wildman–Crippen LogP) is 4.75. The van der Waals surface area contributed by atoms with Crippen LogP contribution in [0.1, 0.15) is 34.0 Å². The van der Waals surface area contributed by atoms with E-state index in [0.717, 1.165) is 11.3 Å². The molecule has 0 N–H and O–H groups in total. The second kappa shape index (κ2) is 6.22. The van der Waals surface area contributed by atoms with Crippen LogP contribution in [0.25, 0.3) is 0 Å². The third-order valence-corrected chi connectivity index (χ3v) is 4.19. The minimum atomic E-state index is -0.0436. The maximum Gasteiger partial charge on any atom is 0.163 e. The highest BCUT2D eigenvalue weighted by Gasteiger charge is 2.10. The van der Waals surface area contributed by atoms with E-state index in [1.54, 1.807) is 29.5 Å². The molecule has 4 heteroatoms. The standard InChI is InChI=1S/C15H15ClO2S/c1-3-12-5-6-13(19-12)9-18-15-7-4-11(16)8-14(15)10(2)17/h4-8H,3,9H2,1-2H3. The van der Waals surface area contributed by atoms with Crippen molar-refractivity contribution < 1.29 is 9.53 Å². The number of ketones is 1. The number of ether oxygens (including phenoxy) is 1. The Morgan fingerprint density at radius 1 is 1.26 bits per heavy atom. The Morgan fingerprint density at radius 3 is 2.63 bits per heavy atom. The van der Waals surface area contributed by atoms with Gasteiger partial charge in [0.05, 0.1) is 5.56 Å². The van der Waals surface area contributed by atoms with Crippen LogP contribution in [0, 0.1) is 0 Å². The van der Waals surface area contributed by atoms with Crippen molar-refractivity contribution in [3.05, 3.63) is 50.7 Å². The average molecular weight is 295 g/mol. The fraction of sp³-hybridized carbons (Fsp3) is 0.267. The first kappa shape index (κ1) is 14.1. The number of Topliss-reactive ketones (excluding diaryl/α,β-unsaturated/α-hetero) is 1. The molecule has 0 bridgehead atoms. The molecule has 19 heavy (non-hydrogen) atoms. The van der Waals surface area contributed by atoms with E-state index in [4.69, 9.17) is 16.3 Å². The minimum absolute atomic E-state index is 0.0436. The summed E-state index contributed by atoms with van der Waals surface area (Å²) in [6.07, 6.45) is 1.03. The molecule has 2 nitrogen and oxygen atoms in total. The van der Waals surface area contributed by atoms with E-state index in [1.165, 1.54) is 11.8 Å². The zero-order chi connectivity index (χ0) is 13.8. The molecule has 2 rings (SSSR count). The van der Waals surface area contributed by atoms with Crippen LogP contribution < -0.4 is 4.74 Å². The average Bonchev–Trinajstić information content (AvgIpc) is 2.85. The number of rotatable bonds is 5. The number of thiophene rings is 1. The highest BCUT2D eigenvalue weighted by Crippen LogP contribution is 2.25. The minimum Gasteiger partial charge on any atom is -0.487 e. The molecular weight excluding hydrogens is 280 g/mol. The summed E-state index contributed by atoms with van der Waals surface area (Å²) in [6.45, 7) is 4.12. The number of carbonyl (C=O) groups is 1. The molecule has 0 radical (unpaired) electrons. The molecule has 0 unspecified atom stereocenters. The number of carbonyl (C=O) groups excluding carboxylic acids is 1. The van der Waals surface area contributed by atoms with E-state index in [0.29, 0.717) is 22.9 Å². The van der Waals surface area contributed by atoms with Crippen molar-refractivity contribution in [2.45, 2.75) is 26.9 Å². The second-order valence-corrected chi connectivity index (χ2v) is 5.90. The maximum absolute atomic E-state index is 11.5. The summed E-state index contributed by atoms with van der Waals surface area (Å²) in [5, 5.41) is 0.543. The van der Waals surface area contributed by atoms with Gasteiger partial charge in [-0.05, 0) is 43.7 Å². The molecule has 1 heterocycles.